The molecule has 2 heterocycles. The van der Waals surface area contributed by atoms with Crippen LogP contribution in [0.5, 0.6) is 0 Å². The van der Waals surface area contributed by atoms with Crippen LogP contribution in [-0.4, -0.2) is 36.5 Å². The molecule has 0 amide bonds. The predicted octanol–water partition coefficient (Wildman–Crippen LogP) is 1.82. The fraction of sp³-hybridized carbons (Fsp3) is 0.636. The van der Waals surface area contributed by atoms with Crippen molar-refractivity contribution in [3.63, 3.8) is 0 Å². The standard InChI is InChI=1S/C11H18N2/c1-12-7-5-6-11(10-12)13-8-3-2-4-9-13/h5-6,10H,2-4,7-9H2,1H3. The highest BCUT2D eigenvalue weighted by atomic mass is 15.2. The van der Waals surface area contributed by atoms with E-state index in [4.69, 9.17) is 0 Å². The van der Waals surface area contributed by atoms with Crippen molar-refractivity contribution in [1.29, 1.82) is 0 Å². The molecule has 72 valence electrons. The van der Waals surface area contributed by atoms with Gasteiger partial charge in [0.2, 0.25) is 0 Å². The van der Waals surface area contributed by atoms with Crippen LogP contribution in [0.1, 0.15) is 19.3 Å². The summed E-state index contributed by atoms with van der Waals surface area (Å²) in [5.74, 6) is 0. The van der Waals surface area contributed by atoms with Crippen LogP contribution < -0.4 is 0 Å². The molecule has 1 saturated heterocycles. The molecule has 0 aliphatic carbocycles. The van der Waals surface area contributed by atoms with Gasteiger partial charge in [0.25, 0.3) is 0 Å². The number of likely N-dealkylation sites (tertiary alicyclic amines) is 1. The minimum absolute atomic E-state index is 1.05. The van der Waals surface area contributed by atoms with E-state index < -0.39 is 0 Å². The van der Waals surface area contributed by atoms with Gasteiger partial charge in [-0.25, -0.2) is 0 Å². The zero-order valence-corrected chi connectivity index (χ0v) is 8.37. The molecular weight excluding hydrogens is 160 g/mol. The summed E-state index contributed by atoms with van der Waals surface area (Å²) < 4.78 is 0. The van der Waals surface area contributed by atoms with E-state index in [-0.39, 0.29) is 0 Å². The van der Waals surface area contributed by atoms with Gasteiger partial charge >= 0.3 is 0 Å². The minimum atomic E-state index is 1.05. The molecule has 0 aromatic carbocycles. The van der Waals surface area contributed by atoms with E-state index in [1.54, 1.807) is 0 Å². The zero-order valence-electron chi connectivity index (χ0n) is 8.37. The van der Waals surface area contributed by atoms with Crippen molar-refractivity contribution in [3.8, 4) is 0 Å². The molecular formula is C11H18N2. The summed E-state index contributed by atoms with van der Waals surface area (Å²) in [5, 5.41) is 0. The molecule has 0 aromatic heterocycles. The average molecular weight is 178 g/mol. The van der Waals surface area contributed by atoms with E-state index in [1.807, 2.05) is 0 Å². The molecule has 1 fully saturated rings. The summed E-state index contributed by atoms with van der Waals surface area (Å²) in [6, 6.07) is 0. The molecule has 0 spiro atoms. The number of allylic oxidation sites excluding steroid dienone is 1. The summed E-state index contributed by atoms with van der Waals surface area (Å²) >= 11 is 0. The number of likely N-dealkylation sites (N-methyl/N-ethyl adjacent to an activating group) is 1. The third-order valence-corrected chi connectivity index (χ3v) is 2.76. The Hall–Kier alpha value is -0.920. The SMILES string of the molecule is CN1C=C(N2CCCCC2)C=CC1. The first-order chi connectivity index (χ1) is 6.36. The Morgan fingerprint density at radius 3 is 2.62 bits per heavy atom. The van der Waals surface area contributed by atoms with Gasteiger partial charge in [-0.15, -0.1) is 0 Å². The van der Waals surface area contributed by atoms with E-state index in [9.17, 15) is 0 Å². The Bertz CT molecular complexity index is 224. The Kier molecular flexibility index (Phi) is 2.57. The summed E-state index contributed by atoms with van der Waals surface area (Å²) in [5.41, 5.74) is 1.40. The second-order valence-corrected chi connectivity index (χ2v) is 3.94. The summed E-state index contributed by atoms with van der Waals surface area (Å²) in [7, 11) is 2.13. The quantitative estimate of drug-likeness (QED) is 0.604. The van der Waals surface area contributed by atoms with E-state index >= 15 is 0 Å². The van der Waals surface area contributed by atoms with E-state index in [0.29, 0.717) is 0 Å². The topological polar surface area (TPSA) is 6.48 Å². The Labute approximate surface area is 80.5 Å². The molecule has 0 aromatic rings. The van der Waals surface area contributed by atoms with Gasteiger partial charge in [-0.3, -0.25) is 0 Å². The van der Waals surface area contributed by atoms with Gasteiger partial charge in [0.05, 0.1) is 5.70 Å². The molecule has 0 unspecified atom stereocenters. The maximum atomic E-state index is 2.50. The van der Waals surface area contributed by atoms with Crippen LogP contribution in [0, 0.1) is 0 Å². The molecule has 2 rings (SSSR count). The Morgan fingerprint density at radius 1 is 1.15 bits per heavy atom. The van der Waals surface area contributed by atoms with Gasteiger partial charge in [-0.2, -0.15) is 0 Å². The number of nitrogens with zero attached hydrogens (tertiary/aromatic N) is 2. The number of piperidine rings is 1. The largest absolute Gasteiger partial charge is 0.375 e. The van der Waals surface area contributed by atoms with E-state index in [1.165, 1.54) is 38.0 Å². The number of rotatable bonds is 1. The van der Waals surface area contributed by atoms with Crippen molar-refractivity contribution in [3.05, 3.63) is 24.0 Å². The molecule has 0 N–H and O–H groups in total. The fourth-order valence-corrected chi connectivity index (χ4v) is 2.00. The minimum Gasteiger partial charge on any atom is -0.375 e. The van der Waals surface area contributed by atoms with E-state index in [0.717, 1.165) is 6.54 Å². The van der Waals surface area contributed by atoms with Gasteiger partial charge in [0, 0.05) is 32.9 Å². The summed E-state index contributed by atoms with van der Waals surface area (Å²) in [4.78, 5) is 4.74. The van der Waals surface area contributed by atoms with Gasteiger partial charge < -0.3 is 9.80 Å². The van der Waals surface area contributed by atoms with Gasteiger partial charge in [0.1, 0.15) is 0 Å². The molecule has 0 bridgehead atoms. The lowest BCUT2D eigenvalue weighted by Crippen LogP contribution is -2.31. The van der Waals surface area contributed by atoms with Crippen molar-refractivity contribution in [2.75, 3.05) is 26.7 Å². The predicted molar refractivity (Wildman–Crippen MR) is 55.3 cm³/mol. The van der Waals surface area contributed by atoms with Crippen molar-refractivity contribution in [2.24, 2.45) is 0 Å². The first-order valence-corrected chi connectivity index (χ1v) is 5.20. The normalized spacial score (nSPS) is 23.3. The van der Waals surface area contributed by atoms with Crippen LogP contribution in [-0.2, 0) is 0 Å². The van der Waals surface area contributed by atoms with Crippen LogP contribution in [0.3, 0.4) is 0 Å². The lowest BCUT2D eigenvalue weighted by molar-refractivity contribution is 0.284. The van der Waals surface area contributed by atoms with Gasteiger partial charge in [0.15, 0.2) is 0 Å². The Balaban J connectivity index is 2.02. The highest BCUT2D eigenvalue weighted by Crippen LogP contribution is 2.17. The zero-order chi connectivity index (χ0) is 9.10. The smallest absolute Gasteiger partial charge is 0.0525 e. The first-order valence-electron chi connectivity index (χ1n) is 5.20. The monoisotopic (exact) mass is 178 g/mol. The first kappa shape index (κ1) is 8.67. The second-order valence-electron chi connectivity index (χ2n) is 3.94. The van der Waals surface area contributed by atoms with Crippen LogP contribution >= 0.6 is 0 Å². The van der Waals surface area contributed by atoms with Crippen molar-refractivity contribution in [1.82, 2.24) is 9.80 Å². The van der Waals surface area contributed by atoms with Gasteiger partial charge in [-0.05, 0) is 25.3 Å². The third-order valence-electron chi connectivity index (χ3n) is 2.76. The molecule has 2 aliphatic rings. The highest BCUT2D eigenvalue weighted by molar-refractivity contribution is 5.21. The maximum absolute atomic E-state index is 2.50. The van der Waals surface area contributed by atoms with Crippen molar-refractivity contribution < 1.29 is 0 Å². The molecule has 2 aliphatic heterocycles. The lowest BCUT2D eigenvalue weighted by Gasteiger charge is -2.32. The molecule has 0 atom stereocenters. The fourth-order valence-electron chi connectivity index (χ4n) is 2.00. The molecule has 13 heavy (non-hydrogen) atoms. The number of hydrogen-bond donors (Lipinski definition) is 0. The van der Waals surface area contributed by atoms with Crippen molar-refractivity contribution in [2.45, 2.75) is 19.3 Å². The molecule has 2 nitrogen and oxygen atoms in total. The van der Waals surface area contributed by atoms with Crippen LogP contribution in [0.15, 0.2) is 24.0 Å². The second kappa shape index (κ2) is 3.86. The Morgan fingerprint density at radius 2 is 1.92 bits per heavy atom. The molecule has 2 heteroatoms. The lowest BCUT2D eigenvalue weighted by atomic mass is 10.1. The molecule has 0 radical (unpaired) electrons. The summed E-state index contributed by atoms with van der Waals surface area (Å²) in [6.07, 6.45) is 10.9. The average Bonchev–Trinajstić information content (AvgIpc) is 2.19. The molecule has 0 saturated carbocycles. The van der Waals surface area contributed by atoms with Crippen LogP contribution in [0.25, 0.3) is 0 Å². The number of hydrogen-bond acceptors (Lipinski definition) is 2. The van der Waals surface area contributed by atoms with Crippen LogP contribution in [0.2, 0.25) is 0 Å². The van der Waals surface area contributed by atoms with Crippen molar-refractivity contribution >= 4 is 0 Å². The third kappa shape index (κ3) is 2.06. The maximum Gasteiger partial charge on any atom is 0.0525 e. The van der Waals surface area contributed by atoms with Crippen LogP contribution in [0.4, 0.5) is 0 Å². The summed E-state index contributed by atoms with van der Waals surface area (Å²) in [6.45, 7) is 3.53. The highest BCUT2D eigenvalue weighted by Gasteiger charge is 2.13. The van der Waals surface area contributed by atoms with E-state index in [2.05, 4.69) is 35.2 Å². The van der Waals surface area contributed by atoms with Gasteiger partial charge in [-0.1, -0.05) is 6.08 Å².